The molecule has 1 fully saturated rings. The highest BCUT2D eigenvalue weighted by molar-refractivity contribution is 7.10. The molecular formula is C16H19FN2OS. The lowest BCUT2D eigenvalue weighted by atomic mass is 9.90. The number of aliphatic hydroxyl groups excluding tert-OH is 1. The number of pyridine rings is 1. The van der Waals surface area contributed by atoms with E-state index in [1.807, 2.05) is 0 Å². The summed E-state index contributed by atoms with van der Waals surface area (Å²) in [7, 11) is 0. The maximum Gasteiger partial charge on any atom is 0.145 e. The Morgan fingerprint density at radius 3 is 3.00 bits per heavy atom. The van der Waals surface area contributed by atoms with E-state index in [9.17, 15) is 9.50 Å². The molecule has 112 valence electrons. The Hall–Kier alpha value is -1.30. The first kappa shape index (κ1) is 14.6. The van der Waals surface area contributed by atoms with Crippen molar-refractivity contribution in [1.29, 1.82) is 0 Å². The molecule has 21 heavy (non-hydrogen) atoms. The van der Waals surface area contributed by atoms with Crippen molar-refractivity contribution in [2.45, 2.75) is 31.9 Å². The van der Waals surface area contributed by atoms with E-state index in [-0.39, 0.29) is 17.8 Å². The fraction of sp³-hybridized carbons (Fsp3) is 0.438. The predicted octanol–water partition coefficient (Wildman–Crippen LogP) is 2.94. The maximum absolute atomic E-state index is 13.6. The number of β-amino-alcohol motifs (C(OH)–C–C–N with tert-alkyl or cyclic N) is 1. The van der Waals surface area contributed by atoms with Gasteiger partial charge < -0.3 is 5.11 Å². The smallest absolute Gasteiger partial charge is 0.145 e. The topological polar surface area (TPSA) is 36.4 Å². The second-order valence-corrected chi connectivity index (χ2v) is 6.58. The Bertz CT molecular complexity index is 616. The first-order chi connectivity index (χ1) is 10.1. The highest BCUT2D eigenvalue weighted by atomic mass is 32.1. The molecule has 0 aliphatic carbocycles. The Kier molecular flexibility index (Phi) is 4.33. The number of thiophene rings is 1. The molecular weight excluding hydrogens is 287 g/mol. The van der Waals surface area contributed by atoms with Gasteiger partial charge in [-0.1, -0.05) is 0 Å². The Labute approximate surface area is 128 Å². The molecule has 0 saturated carbocycles. The fourth-order valence-corrected chi connectivity index (χ4v) is 4.11. The lowest BCUT2D eigenvalue weighted by Gasteiger charge is -2.36. The van der Waals surface area contributed by atoms with Crippen LogP contribution in [0.4, 0.5) is 4.39 Å². The van der Waals surface area contributed by atoms with Crippen LogP contribution in [0.3, 0.4) is 0 Å². The van der Waals surface area contributed by atoms with Gasteiger partial charge in [0, 0.05) is 35.6 Å². The molecule has 1 aliphatic heterocycles. The van der Waals surface area contributed by atoms with E-state index in [0.29, 0.717) is 18.7 Å². The van der Waals surface area contributed by atoms with Gasteiger partial charge in [-0.3, -0.25) is 9.88 Å². The van der Waals surface area contributed by atoms with E-state index in [4.69, 9.17) is 0 Å². The number of piperidine rings is 1. The van der Waals surface area contributed by atoms with Crippen LogP contribution in [0.1, 0.15) is 28.3 Å². The number of rotatable bonds is 3. The Morgan fingerprint density at radius 1 is 1.48 bits per heavy atom. The van der Waals surface area contributed by atoms with Gasteiger partial charge >= 0.3 is 0 Å². The van der Waals surface area contributed by atoms with Gasteiger partial charge in [-0.2, -0.15) is 0 Å². The molecule has 0 unspecified atom stereocenters. The summed E-state index contributed by atoms with van der Waals surface area (Å²) >= 11 is 1.72. The van der Waals surface area contributed by atoms with Crippen LogP contribution in [-0.4, -0.2) is 34.2 Å². The van der Waals surface area contributed by atoms with Gasteiger partial charge in [0.15, 0.2) is 0 Å². The van der Waals surface area contributed by atoms with Gasteiger partial charge in [0.1, 0.15) is 5.82 Å². The van der Waals surface area contributed by atoms with Gasteiger partial charge in [0.2, 0.25) is 0 Å². The number of hydrogen-bond donors (Lipinski definition) is 1. The van der Waals surface area contributed by atoms with Crippen molar-refractivity contribution in [3.8, 4) is 0 Å². The number of hydrogen-bond acceptors (Lipinski definition) is 4. The SMILES string of the molecule is Cc1ccsc1[C@@H]1CCN(Cc2ccncc2F)C[C@H]1O. The van der Waals surface area contributed by atoms with Crippen LogP contribution < -0.4 is 0 Å². The van der Waals surface area contributed by atoms with Crippen molar-refractivity contribution < 1.29 is 9.50 Å². The number of aryl methyl sites for hydroxylation is 1. The highest BCUT2D eigenvalue weighted by Crippen LogP contribution is 2.34. The van der Waals surface area contributed by atoms with E-state index in [0.717, 1.165) is 13.0 Å². The van der Waals surface area contributed by atoms with Crippen LogP contribution in [0.25, 0.3) is 0 Å². The average Bonchev–Trinajstić information content (AvgIpc) is 2.88. The van der Waals surface area contributed by atoms with Crippen molar-refractivity contribution in [3.05, 3.63) is 51.7 Å². The maximum atomic E-state index is 13.6. The van der Waals surface area contributed by atoms with Crippen molar-refractivity contribution in [2.24, 2.45) is 0 Å². The number of halogens is 1. The van der Waals surface area contributed by atoms with Crippen LogP contribution in [0.15, 0.2) is 29.9 Å². The van der Waals surface area contributed by atoms with Crippen molar-refractivity contribution >= 4 is 11.3 Å². The molecule has 2 atom stereocenters. The minimum atomic E-state index is -0.388. The largest absolute Gasteiger partial charge is 0.391 e. The number of aliphatic hydroxyl groups is 1. The van der Waals surface area contributed by atoms with Crippen LogP contribution in [-0.2, 0) is 6.54 Å². The standard InChI is InChI=1S/C16H19FN2OS/c1-11-4-7-21-16(11)13-3-6-19(10-15(13)20)9-12-2-5-18-8-14(12)17/h2,4-5,7-8,13,15,20H,3,6,9-10H2,1H3/t13-,15-/m1/s1. The zero-order valence-corrected chi connectivity index (χ0v) is 12.8. The molecule has 3 nitrogen and oxygen atoms in total. The fourth-order valence-electron chi connectivity index (χ4n) is 2.98. The summed E-state index contributed by atoms with van der Waals surface area (Å²) in [6, 6.07) is 3.81. The Balaban J connectivity index is 1.66. The number of likely N-dealkylation sites (tertiary alicyclic amines) is 1. The number of nitrogens with zero attached hydrogens (tertiary/aromatic N) is 2. The molecule has 0 spiro atoms. The predicted molar refractivity (Wildman–Crippen MR) is 81.9 cm³/mol. The third-order valence-corrected chi connectivity index (χ3v) is 5.31. The third-order valence-electron chi connectivity index (χ3n) is 4.15. The third kappa shape index (κ3) is 3.15. The summed E-state index contributed by atoms with van der Waals surface area (Å²) < 4.78 is 13.6. The van der Waals surface area contributed by atoms with Crippen molar-refractivity contribution in [1.82, 2.24) is 9.88 Å². The molecule has 0 radical (unpaired) electrons. The minimum Gasteiger partial charge on any atom is -0.391 e. The molecule has 1 saturated heterocycles. The average molecular weight is 306 g/mol. The molecule has 3 heterocycles. The molecule has 2 aromatic rings. The van der Waals surface area contributed by atoms with E-state index >= 15 is 0 Å². The van der Waals surface area contributed by atoms with Crippen molar-refractivity contribution in [3.63, 3.8) is 0 Å². The first-order valence-corrected chi connectivity index (χ1v) is 8.06. The lowest BCUT2D eigenvalue weighted by Crippen LogP contribution is -2.42. The normalized spacial score (nSPS) is 23.4. The first-order valence-electron chi connectivity index (χ1n) is 7.18. The number of aromatic nitrogens is 1. The molecule has 1 aliphatic rings. The summed E-state index contributed by atoms with van der Waals surface area (Å²) in [5.74, 6) is -0.0632. The summed E-state index contributed by atoms with van der Waals surface area (Å²) in [6.07, 6.45) is 3.38. The lowest BCUT2D eigenvalue weighted by molar-refractivity contribution is 0.0480. The molecule has 0 amide bonds. The van der Waals surface area contributed by atoms with E-state index in [2.05, 4.69) is 28.3 Å². The summed E-state index contributed by atoms with van der Waals surface area (Å²) in [5.41, 5.74) is 1.90. The molecule has 5 heteroatoms. The van der Waals surface area contributed by atoms with Gasteiger partial charge in [-0.25, -0.2) is 4.39 Å². The molecule has 0 bridgehead atoms. The second kappa shape index (κ2) is 6.22. The van der Waals surface area contributed by atoms with Gasteiger partial charge in [0.25, 0.3) is 0 Å². The van der Waals surface area contributed by atoms with Crippen LogP contribution in [0.2, 0.25) is 0 Å². The van der Waals surface area contributed by atoms with Gasteiger partial charge in [0.05, 0.1) is 12.3 Å². The zero-order chi connectivity index (χ0) is 14.8. The van der Waals surface area contributed by atoms with Crippen LogP contribution >= 0.6 is 11.3 Å². The van der Waals surface area contributed by atoms with Gasteiger partial charge in [-0.05, 0) is 43.0 Å². The Morgan fingerprint density at radius 2 is 2.33 bits per heavy atom. The monoisotopic (exact) mass is 306 g/mol. The van der Waals surface area contributed by atoms with Gasteiger partial charge in [-0.15, -0.1) is 11.3 Å². The molecule has 0 aromatic carbocycles. The second-order valence-electron chi connectivity index (χ2n) is 5.63. The summed E-state index contributed by atoms with van der Waals surface area (Å²) in [6.45, 7) is 4.09. The zero-order valence-electron chi connectivity index (χ0n) is 12.0. The molecule has 1 N–H and O–H groups in total. The van der Waals surface area contributed by atoms with Crippen molar-refractivity contribution in [2.75, 3.05) is 13.1 Å². The van der Waals surface area contributed by atoms with Crippen LogP contribution in [0.5, 0.6) is 0 Å². The van der Waals surface area contributed by atoms with E-state index in [1.165, 1.54) is 16.6 Å². The molecule has 2 aromatic heterocycles. The minimum absolute atomic E-state index is 0.212. The van der Waals surface area contributed by atoms with Crippen LogP contribution in [0, 0.1) is 12.7 Å². The highest BCUT2D eigenvalue weighted by Gasteiger charge is 2.30. The van der Waals surface area contributed by atoms with E-state index in [1.54, 1.807) is 23.6 Å². The molecule has 3 rings (SSSR count). The quantitative estimate of drug-likeness (QED) is 0.947. The summed E-state index contributed by atoms with van der Waals surface area (Å²) in [4.78, 5) is 7.17. The van der Waals surface area contributed by atoms with E-state index < -0.39 is 0 Å². The summed E-state index contributed by atoms with van der Waals surface area (Å²) in [5, 5.41) is 12.5.